The summed E-state index contributed by atoms with van der Waals surface area (Å²) < 4.78 is 0. The van der Waals surface area contributed by atoms with Gasteiger partial charge in [-0.1, -0.05) is 0 Å². The van der Waals surface area contributed by atoms with Crippen LogP contribution in [0.4, 0.5) is 0 Å². The Morgan fingerprint density at radius 2 is 2.07 bits per heavy atom. The predicted octanol–water partition coefficient (Wildman–Crippen LogP) is 0.193. The molecule has 0 bridgehead atoms. The summed E-state index contributed by atoms with van der Waals surface area (Å²) in [4.78, 5) is 13.6. The summed E-state index contributed by atoms with van der Waals surface area (Å²) in [6.07, 6.45) is 2.65. The van der Waals surface area contributed by atoms with Crippen molar-refractivity contribution in [2.45, 2.75) is 44.8 Å². The molecule has 1 aliphatic rings. The third-order valence-corrected chi connectivity index (χ3v) is 3.18. The first-order valence-electron chi connectivity index (χ1n) is 5.73. The van der Waals surface area contributed by atoms with E-state index in [2.05, 4.69) is 29.5 Å². The van der Waals surface area contributed by atoms with E-state index in [9.17, 15) is 4.79 Å². The molecule has 1 aliphatic carbocycles. The van der Waals surface area contributed by atoms with Gasteiger partial charge in [-0.2, -0.15) is 0 Å². The molecule has 4 heteroatoms. The summed E-state index contributed by atoms with van der Waals surface area (Å²) in [5.41, 5.74) is 0. The van der Waals surface area contributed by atoms with E-state index in [1.54, 1.807) is 7.05 Å². The number of hydrogen-bond donors (Lipinski definition) is 2. The van der Waals surface area contributed by atoms with E-state index in [1.807, 2.05) is 6.92 Å². The maximum atomic E-state index is 11.3. The van der Waals surface area contributed by atoms with Gasteiger partial charge in [0, 0.05) is 25.7 Å². The van der Waals surface area contributed by atoms with Crippen molar-refractivity contribution in [3.8, 4) is 0 Å². The van der Waals surface area contributed by atoms with Gasteiger partial charge in [-0.25, -0.2) is 0 Å². The van der Waals surface area contributed by atoms with Crippen LogP contribution in [0.2, 0.25) is 0 Å². The van der Waals surface area contributed by atoms with Gasteiger partial charge in [0.2, 0.25) is 5.91 Å². The van der Waals surface area contributed by atoms with Crippen LogP contribution in [-0.4, -0.2) is 49.6 Å². The van der Waals surface area contributed by atoms with Crippen molar-refractivity contribution in [2.75, 3.05) is 20.6 Å². The van der Waals surface area contributed by atoms with Crippen molar-refractivity contribution in [1.82, 2.24) is 15.5 Å². The zero-order chi connectivity index (χ0) is 11.4. The SMILES string of the molecule is CNC(=O)C(C)NCC(C)N(C)C1CC1. The van der Waals surface area contributed by atoms with Gasteiger partial charge < -0.3 is 10.6 Å². The van der Waals surface area contributed by atoms with Gasteiger partial charge >= 0.3 is 0 Å². The van der Waals surface area contributed by atoms with Crippen LogP contribution < -0.4 is 10.6 Å². The molecule has 0 aromatic heterocycles. The Bertz CT molecular complexity index is 216. The Labute approximate surface area is 92.4 Å². The number of amides is 1. The molecule has 88 valence electrons. The summed E-state index contributed by atoms with van der Waals surface area (Å²) in [5.74, 6) is 0.0521. The van der Waals surface area contributed by atoms with Gasteiger partial charge in [-0.05, 0) is 33.7 Å². The lowest BCUT2D eigenvalue weighted by Gasteiger charge is -2.26. The summed E-state index contributed by atoms with van der Waals surface area (Å²) >= 11 is 0. The summed E-state index contributed by atoms with van der Waals surface area (Å²) in [7, 11) is 3.83. The molecule has 0 spiro atoms. The predicted molar refractivity (Wildman–Crippen MR) is 61.8 cm³/mol. The van der Waals surface area contributed by atoms with Crippen molar-refractivity contribution < 1.29 is 4.79 Å². The molecular weight excluding hydrogens is 190 g/mol. The van der Waals surface area contributed by atoms with Gasteiger partial charge in [0.1, 0.15) is 0 Å². The molecule has 15 heavy (non-hydrogen) atoms. The van der Waals surface area contributed by atoms with Crippen LogP contribution >= 0.6 is 0 Å². The van der Waals surface area contributed by atoms with Crippen molar-refractivity contribution in [3.05, 3.63) is 0 Å². The van der Waals surface area contributed by atoms with Crippen molar-refractivity contribution in [3.63, 3.8) is 0 Å². The lowest BCUT2D eigenvalue weighted by atomic mass is 10.2. The highest BCUT2D eigenvalue weighted by Gasteiger charge is 2.29. The molecule has 2 N–H and O–H groups in total. The molecule has 1 rings (SSSR count). The minimum atomic E-state index is -0.106. The number of carbonyl (C=O) groups is 1. The zero-order valence-electron chi connectivity index (χ0n) is 10.2. The molecule has 0 aromatic carbocycles. The van der Waals surface area contributed by atoms with E-state index in [-0.39, 0.29) is 11.9 Å². The lowest BCUT2D eigenvalue weighted by Crippen LogP contribution is -2.46. The van der Waals surface area contributed by atoms with Crippen LogP contribution in [0.5, 0.6) is 0 Å². The van der Waals surface area contributed by atoms with Crippen molar-refractivity contribution >= 4 is 5.91 Å². The van der Waals surface area contributed by atoms with E-state index in [0.29, 0.717) is 6.04 Å². The highest BCUT2D eigenvalue weighted by Crippen LogP contribution is 2.26. The van der Waals surface area contributed by atoms with Gasteiger partial charge in [-0.3, -0.25) is 9.69 Å². The van der Waals surface area contributed by atoms with Crippen LogP contribution in [0.1, 0.15) is 26.7 Å². The molecule has 1 saturated carbocycles. The molecule has 0 saturated heterocycles. The first-order chi connectivity index (χ1) is 7.06. The number of likely N-dealkylation sites (N-methyl/N-ethyl adjacent to an activating group) is 2. The van der Waals surface area contributed by atoms with E-state index >= 15 is 0 Å². The second-order valence-corrected chi connectivity index (χ2v) is 4.49. The molecule has 2 atom stereocenters. The second kappa shape index (κ2) is 5.47. The third-order valence-electron chi connectivity index (χ3n) is 3.18. The number of rotatable bonds is 6. The highest BCUT2D eigenvalue weighted by molar-refractivity contribution is 5.80. The molecule has 0 aliphatic heterocycles. The smallest absolute Gasteiger partial charge is 0.236 e. The fraction of sp³-hybridized carbons (Fsp3) is 0.909. The van der Waals surface area contributed by atoms with E-state index < -0.39 is 0 Å². The maximum Gasteiger partial charge on any atom is 0.236 e. The molecule has 0 aromatic rings. The number of carbonyl (C=O) groups excluding carboxylic acids is 1. The summed E-state index contributed by atoms with van der Waals surface area (Å²) in [5, 5.41) is 5.88. The Balaban J connectivity index is 2.20. The molecule has 0 heterocycles. The fourth-order valence-electron chi connectivity index (χ4n) is 1.64. The summed E-state index contributed by atoms with van der Waals surface area (Å²) in [6.45, 7) is 4.95. The van der Waals surface area contributed by atoms with Crippen LogP contribution in [0, 0.1) is 0 Å². The maximum absolute atomic E-state index is 11.3. The molecule has 4 nitrogen and oxygen atoms in total. The van der Waals surface area contributed by atoms with E-state index in [0.717, 1.165) is 12.6 Å². The van der Waals surface area contributed by atoms with Crippen molar-refractivity contribution in [2.24, 2.45) is 0 Å². The average molecular weight is 213 g/mol. The van der Waals surface area contributed by atoms with Gasteiger partial charge in [0.15, 0.2) is 0 Å². The third kappa shape index (κ3) is 3.80. The highest BCUT2D eigenvalue weighted by atomic mass is 16.2. The average Bonchev–Trinajstić information content (AvgIpc) is 3.06. The minimum absolute atomic E-state index is 0.0521. The largest absolute Gasteiger partial charge is 0.358 e. The molecule has 1 fully saturated rings. The molecule has 0 radical (unpaired) electrons. The fourth-order valence-corrected chi connectivity index (χ4v) is 1.64. The monoisotopic (exact) mass is 213 g/mol. The van der Waals surface area contributed by atoms with Gasteiger partial charge in [-0.15, -0.1) is 0 Å². The van der Waals surface area contributed by atoms with E-state index in [1.165, 1.54) is 12.8 Å². The Morgan fingerprint density at radius 1 is 1.47 bits per heavy atom. The van der Waals surface area contributed by atoms with Gasteiger partial charge in [0.25, 0.3) is 0 Å². The number of nitrogens with zero attached hydrogens (tertiary/aromatic N) is 1. The van der Waals surface area contributed by atoms with Crippen molar-refractivity contribution in [1.29, 1.82) is 0 Å². The molecular formula is C11H23N3O. The van der Waals surface area contributed by atoms with E-state index in [4.69, 9.17) is 0 Å². The lowest BCUT2D eigenvalue weighted by molar-refractivity contribution is -0.122. The Kier molecular flexibility index (Phi) is 4.54. The first kappa shape index (κ1) is 12.5. The molecule has 1 amide bonds. The van der Waals surface area contributed by atoms with Gasteiger partial charge in [0.05, 0.1) is 6.04 Å². The number of hydrogen-bond acceptors (Lipinski definition) is 3. The number of nitrogens with one attached hydrogen (secondary N) is 2. The molecule has 2 unspecified atom stereocenters. The second-order valence-electron chi connectivity index (χ2n) is 4.49. The van der Waals surface area contributed by atoms with Crippen LogP contribution in [-0.2, 0) is 4.79 Å². The standard InChI is InChI=1S/C11H23N3O/c1-8(14(4)10-5-6-10)7-13-9(2)11(15)12-3/h8-10,13H,5-7H2,1-4H3,(H,12,15). The Morgan fingerprint density at radius 3 is 2.53 bits per heavy atom. The first-order valence-corrected chi connectivity index (χ1v) is 5.73. The normalized spacial score (nSPS) is 20.1. The summed E-state index contributed by atoms with van der Waals surface area (Å²) in [6, 6.07) is 1.16. The Hall–Kier alpha value is -0.610. The quantitative estimate of drug-likeness (QED) is 0.662. The zero-order valence-corrected chi connectivity index (χ0v) is 10.2. The van der Waals surface area contributed by atoms with Crippen LogP contribution in [0.15, 0.2) is 0 Å². The van der Waals surface area contributed by atoms with Crippen LogP contribution in [0.3, 0.4) is 0 Å². The minimum Gasteiger partial charge on any atom is -0.358 e. The topological polar surface area (TPSA) is 44.4 Å². The van der Waals surface area contributed by atoms with Crippen LogP contribution in [0.25, 0.3) is 0 Å².